The van der Waals surface area contributed by atoms with Crippen LogP contribution in [0.25, 0.3) is 0 Å². The molecule has 0 fully saturated rings. The van der Waals surface area contributed by atoms with E-state index in [1.165, 1.54) is 6.07 Å². The van der Waals surface area contributed by atoms with E-state index in [1.807, 2.05) is 0 Å². The lowest BCUT2D eigenvalue weighted by Crippen LogP contribution is -2.23. The van der Waals surface area contributed by atoms with E-state index in [2.05, 4.69) is 20.6 Å². The van der Waals surface area contributed by atoms with E-state index >= 15 is 0 Å². The number of hydrogen-bond donors (Lipinski definition) is 1. The van der Waals surface area contributed by atoms with Gasteiger partial charge < -0.3 is 4.90 Å². The van der Waals surface area contributed by atoms with Crippen molar-refractivity contribution in [1.29, 1.82) is 0 Å². The lowest BCUT2D eigenvalue weighted by molar-refractivity contribution is -0.137. The number of H-pyrrole nitrogens is 1. The number of tetrazole rings is 1. The number of rotatable bonds is 3. The van der Waals surface area contributed by atoms with Crippen molar-refractivity contribution < 1.29 is 13.2 Å². The van der Waals surface area contributed by atoms with Gasteiger partial charge in [-0.25, -0.2) is 0 Å². The summed E-state index contributed by atoms with van der Waals surface area (Å²) >= 11 is 0. The monoisotopic (exact) mass is 271 g/mol. The summed E-state index contributed by atoms with van der Waals surface area (Å²) in [6.45, 7) is 1.78. The van der Waals surface area contributed by atoms with Crippen LogP contribution in [0.2, 0.25) is 0 Å². The van der Waals surface area contributed by atoms with Crippen molar-refractivity contribution in [3.05, 3.63) is 35.7 Å². The zero-order valence-corrected chi connectivity index (χ0v) is 10.3. The minimum absolute atomic E-state index is 0.290. The minimum atomic E-state index is -4.35. The first-order valence-corrected chi connectivity index (χ1v) is 5.53. The maximum Gasteiger partial charge on any atom is 0.416 e. The van der Waals surface area contributed by atoms with Crippen LogP contribution in [0.5, 0.6) is 0 Å². The largest absolute Gasteiger partial charge is 0.416 e. The summed E-state index contributed by atoms with van der Waals surface area (Å²) in [6, 6.07) is 4.82. The first-order valence-electron chi connectivity index (χ1n) is 5.53. The number of nitrogens with one attached hydrogen (secondary N) is 1. The normalized spacial score (nSPS) is 13.3. The van der Waals surface area contributed by atoms with Crippen molar-refractivity contribution in [2.75, 3.05) is 11.9 Å². The smallest absolute Gasteiger partial charge is 0.364 e. The van der Waals surface area contributed by atoms with Crippen molar-refractivity contribution in [1.82, 2.24) is 20.6 Å². The second-order valence-electron chi connectivity index (χ2n) is 4.10. The van der Waals surface area contributed by atoms with Crippen molar-refractivity contribution in [2.45, 2.75) is 19.1 Å². The molecule has 0 saturated carbocycles. The zero-order chi connectivity index (χ0) is 14.0. The number of aromatic nitrogens is 4. The third-order valence-electron chi connectivity index (χ3n) is 2.90. The highest BCUT2D eigenvalue weighted by Crippen LogP contribution is 2.32. The summed E-state index contributed by atoms with van der Waals surface area (Å²) in [6.07, 6.45) is -4.35. The molecule has 2 aromatic rings. The lowest BCUT2D eigenvalue weighted by Gasteiger charge is -2.25. The van der Waals surface area contributed by atoms with Crippen LogP contribution < -0.4 is 4.90 Å². The Bertz CT molecular complexity index is 538. The summed E-state index contributed by atoms with van der Waals surface area (Å²) in [4.78, 5) is 1.65. The second kappa shape index (κ2) is 4.87. The first-order chi connectivity index (χ1) is 8.89. The van der Waals surface area contributed by atoms with Crippen LogP contribution >= 0.6 is 0 Å². The van der Waals surface area contributed by atoms with Gasteiger partial charge >= 0.3 is 6.18 Å². The Hall–Kier alpha value is -2.12. The molecule has 0 aliphatic rings. The maximum absolute atomic E-state index is 12.6. The predicted molar refractivity (Wildman–Crippen MR) is 62.4 cm³/mol. The molecule has 19 heavy (non-hydrogen) atoms. The molecule has 2 rings (SSSR count). The van der Waals surface area contributed by atoms with Crippen LogP contribution in [0.15, 0.2) is 24.3 Å². The van der Waals surface area contributed by atoms with Gasteiger partial charge in [0.1, 0.15) is 0 Å². The van der Waals surface area contributed by atoms with E-state index in [9.17, 15) is 13.2 Å². The summed E-state index contributed by atoms with van der Waals surface area (Å²) < 4.78 is 37.9. The first kappa shape index (κ1) is 13.3. The van der Waals surface area contributed by atoms with E-state index in [0.29, 0.717) is 11.5 Å². The van der Waals surface area contributed by atoms with E-state index in [-0.39, 0.29) is 6.04 Å². The van der Waals surface area contributed by atoms with Crippen molar-refractivity contribution >= 4 is 5.69 Å². The van der Waals surface area contributed by atoms with Gasteiger partial charge in [0, 0.05) is 12.7 Å². The van der Waals surface area contributed by atoms with Crippen molar-refractivity contribution in [3.8, 4) is 0 Å². The Balaban J connectivity index is 2.27. The molecule has 1 unspecified atom stereocenters. The number of anilines is 1. The summed E-state index contributed by atoms with van der Waals surface area (Å²) in [5, 5.41) is 13.4. The molecule has 0 aliphatic carbocycles. The number of halogens is 3. The summed E-state index contributed by atoms with van der Waals surface area (Å²) in [7, 11) is 1.68. The average Bonchev–Trinajstić information content (AvgIpc) is 2.90. The fourth-order valence-corrected chi connectivity index (χ4v) is 1.64. The number of nitrogens with zero attached hydrogens (tertiary/aromatic N) is 4. The quantitative estimate of drug-likeness (QED) is 0.931. The molecule has 5 nitrogen and oxygen atoms in total. The zero-order valence-electron chi connectivity index (χ0n) is 10.3. The van der Waals surface area contributed by atoms with Gasteiger partial charge in [-0.1, -0.05) is 11.3 Å². The molecule has 0 saturated heterocycles. The fourth-order valence-electron chi connectivity index (χ4n) is 1.64. The Kier molecular flexibility index (Phi) is 3.41. The van der Waals surface area contributed by atoms with Gasteiger partial charge in [-0.05, 0) is 25.1 Å². The molecule has 1 N–H and O–H groups in total. The third kappa shape index (κ3) is 2.83. The molecule has 1 heterocycles. The molecule has 0 aliphatic heterocycles. The summed E-state index contributed by atoms with van der Waals surface area (Å²) in [5.74, 6) is 0.417. The van der Waals surface area contributed by atoms with Crippen molar-refractivity contribution in [3.63, 3.8) is 0 Å². The van der Waals surface area contributed by atoms with E-state index in [1.54, 1.807) is 24.9 Å². The van der Waals surface area contributed by atoms with Crippen LogP contribution in [0.1, 0.15) is 24.4 Å². The summed E-state index contributed by atoms with van der Waals surface area (Å²) in [5.41, 5.74) is -0.246. The molecule has 102 valence electrons. The van der Waals surface area contributed by atoms with Gasteiger partial charge in [0.2, 0.25) is 0 Å². The highest BCUT2D eigenvalue weighted by Gasteiger charge is 2.31. The van der Waals surface area contributed by atoms with Crippen LogP contribution in [-0.4, -0.2) is 27.7 Å². The molecule has 0 amide bonds. The lowest BCUT2D eigenvalue weighted by atomic mass is 10.1. The Morgan fingerprint density at radius 2 is 2.05 bits per heavy atom. The molecular formula is C11H12F3N5. The Morgan fingerprint density at radius 1 is 1.32 bits per heavy atom. The van der Waals surface area contributed by atoms with Crippen LogP contribution in [-0.2, 0) is 6.18 Å². The number of alkyl halides is 3. The molecule has 1 atom stereocenters. The Morgan fingerprint density at radius 3 is 2.63 bits per heavy atom. The SMILES string of the molecule is CC(c1nn[nH]n1)N(C)c1cccc(C(F)(F)F)c1. The molecule has 8 heteroatoms. The minimum Gasteiger partial charge on any atom is -0.364 e. The standard InChI is InChI=1S/C11H12F3N5/c1-7(10-15-17-18-16-10)19(2)9-5-3-4-8(6-9)11(12,13)14/h3-7H,1-2H3,(H,15,16,17,18). The molecule has 0 bridgehead atoms. The second-order valence-corrected chi connectivity index (χ2v) is 4.10. The molecule has 0 radical (unpaired) electrons. The van der Waals surface area contributed by atoms with Gasteiger partial charge in [0.15, 0.2) is 5.82 Å². The number of aromatic amines is 1. The van der Waals surface area contributed by atoms with E-state index in [4.69, 9.17) is 0 Å². The van der Waals surface area contributed by atoms with Gasteiger partial charge in [0.05, 0.1) is 11.6 Å². The van der Waals surface area contributed by atoms with Crippen LogP contribution in [0.3, 0.4) is 0 Å². The molecular weight excluding hydrogens is 259 g/mol. The maximum atomic E-state index is 12.6. The van der Waals surface area contributed by atoms with Crippen LogP contribution in [0.4, 0.5) is 18.9 Å². The van der Waals surface area contributed by atoms with E-state index in [0.717, 1.165) is 12.1 Å². The third-order valence-corrected chi connectivity index (χ3v) is 2.90. The average molecular weight is 271 g/mol. The van der Waals surface area contributed by atoms with Gasteiger partial charge in [0.25, 0.3) is 0 Å². The van der Waals surface area contributed by atoms with Gasteiger partial charge in [-0.3, -0.25) is 0 Å². The highest BCUT2D eigenvalue weighted by molar-refractivity contribution is 5.49. The highest BCUT2D eigenvalue weighted by atomic mass is 19.4. The molecule has 0 spiro atoms. The predicted octanol–water partition coefficient (Wildman–Crippen LogP) is 2.42. The fraction of sp³-hybridized carbons (Fsp3) is 0.364. The number of benzene rings is 1. The van der Waals surface area contributed by atoms with Gasteiger partial charge in [-0.15, -0.1) is 10.2 Å². The molecule has 1 aromatic heterocycles. The topological polar surface area (TPSA) is 57.7 Å². The number of hydrogen-bond acceptors (Lipinski definition) is 4. The Labute approximate surface area is 107 Å². The van der Waals surface area contributed by atoms with Gasteiger partial charge in [-0.2, -0.15) is 18.4 Å². The van der Waals surface area contributed by atoms with E-state index < -0.39 is 11.7 Å². The molecule has 1 aromatic carbocycles. The van der Waals surface area contributed by atoms with Crippen molar-refractivity contribution in [2.24, 2.45) is 0 Å². The van der Waals surface area contributed by atoms with Crippen LogP contribution in [0, 0.1) is 0 Å².